The molecule has 0 amide bonds. The number of aromatic hydroxyl groups is 2. The molecule has 1 heterocycles. The Labute approximate surface area is 158 Å². The summed E-state index contributed by atoms with van der Waals surface area (Å²) in [6.07, 6.45) is 0. The number of nitrogens with two attached hydrogens (primary N) is 1. The molecule has 0 aliphatic carbocycles. The fraction of sp³-hybridized carbons (Fsp3) is 0.350. The minimum atomic E-state index is -0.0903. The summed E-state index contributed by atoms with van der Waals surface area (Å²) in [4.78, 5) is 1.90. The number of nitrogens with zero attached hydrogens (tertiary/aromatic N) is 2. The number of fused-ring (bicyclic) bond motifs is 1. The molecule has 27 heavy (non-hydrogen) atoms. The number of phenols is 2. The van der Waals surface area contributed by atoms with Gasteiger partial charge in [-0.2, -0.15) is 5.10 Å². The molecule has 0 fully saturated rings. The number of benzene rings is 2. The van der Waals surface area contributed by atoms with Crippen molar-refractivity contribution in [2.45, 2.75) is 39.7 Å². The summed E-state index contributed by atoms with van der Waals surface area (Å²) in [7, 11) is 0. The third-order valence-corrected chi connectivity index (χ3v) is 4.51. The smallest absolute Gasteiger partial charge is 0.231 e. The Morgan fingerprint density at radius 3 is 2.37 bits per heavy atom. The number of phenolic OH excluding ortho intramolecular Hbond substituents is 2. The standard InChI is InChI=1S/C20H25N3O4/c1-11(2)14-8-15(17(25)9-16(14)24)20(22-21)23(12(3)4)13-5-6-18-19(7-13)27-10-26-18/h5-9,11-12,24-25H,10,21H2,1-4H3/b22-20-. The SMILES string of the molecule is CC(C)c1cc(/C(=N/N)N(c2ccc3c(c2)OCO3)C(C)C)c(O)cc1O. The summed E-state index contributed by atoms with van der Waals surface area (Å²) in [6, 6.07) is 8.62. The lowest BCUT2D eigenvalue weighted by Crippen LogP contribution is -2.38. The molecule has 0 spiro atoms. The fourth-order valence-corrected chi connectivity index (χ4v) is 3.20. The van der Waals surface area contributed by atoms with Gasteiger partial charge in [0.1, 0.15) is 11.5 Å². The largest absolute Gasteiger partial charge is 0.508 e. The van der Waals surface area contributed by atoms with Gasteiger partial charge in [-0.1, -0.05) is 13.8 Å². The normalized spacial score (nSPS) is 13.5. The Bertz CT molecular complexity index is 878. The van der Waals surface area contributed by atoms with E-state index in [-0.39, 0.29) is 30.3 Å². The third-order valence-electron chi connectivity index (χ3n) is 4.51. The lowest BCUT2D eigenvalue weighted by molar-refractivity contribution is 0.174. The highest BCUT2D eigenvalue weighted by atomic mass is 16.7. The second-order valence-electron chi connectivity index (χ2n) is 7.04. The minimum absolute atomic E-state index is 0.0108. The van der Waals surface area contributed by atoms with Gasteiger partial charge in [0.2, 0.25) is 6.79 Å². The summed E-state index contributed by atoms with van der Waals surface area (Å²) in [5.41, 5.74) is 1.96. The van der Waals surface area contributed by atoms with E-state index in [2.05, 4.69) is 5.10 Å². The van der Waals surface area contributed by atoms with E-state index in [1.807, 2.05) is 50.8 Å². The zero-order chi connectivity index (χ0) is 19.7. The van der Waals surface area contributed by atoms with Crippen molar-refractivity contribution < 1.29 is 19.7 Å². The van der Waals surface area contributed by atoms with Crippen LogP contribution < -0.4 is 20.2 Å². The predicted molar refractivity (Wildman–Crippen MR) is 105 cm³/mol. The average Bonchev–Trinajstić information content (AvgIpc) is 3.07. The molecule has 3 rings (SSSR count). The number of amidine groups is 1. The Morgan fingerprint density at radius 1 is 1.04 bits per heavy atom. The first-order valence-electron chi connectivity index (χ1n) is 8.86. The molecule has 7 heteroatoms. The van der Waals surface area contributed by atoms with Gasteiger partial charge in [-0.25, -0.2) is 0 Å². The maximum Gasteiger partial charge on any atom is 0.231 e. The van der Waals surface area contributed by atoms with Crippen LogP contribution in [-0.4, -0.2) is 28.9 Å². The van der Waals surface area contributed by atoms with Crippen molar-refractivity contribution in [2.24, 2.45) is 10.9 Å². The van der Waals surface area contributed by atoms with Gasteiger partial charge in [0.15, 0.2) is 17.3 Å². The number of hydrogen-bond acceptors (Lipinski definition) is 6. The predicted octanol–water partition coefficient (Wildman–Crippen LogP) is 3.49. The second kappa shape index (κ2) is 7.26. The Kier molecular flexibility index (Phi) is 5.03. The first-order valence-corrected chi connectivity index (χ1v) is 8.86. The molecule has 0 atom stereocenters. The molecule has 0 saturated carbocycles. The van der Waals surface area contributed by atoms with Gasteiger partial charge in [0.25, 0.3) is 0 Å². The molecule has 2 aromatic carbocycles. The van der Waals surface area contributed by atoms with Crippen molar-refractivity contribution in [2.75, 3.05) is 11.7 Å². The quantitative estimate of drug-likeness (QED) is 0.329. The van der Waals surface area contributed by atoms with Crippen molar-refractivity contribution in [1.29, 1.82) is 0 Å². The van der Waals surface area contributed by atoms with Crippen LogP contribution in [0.1, 0.15) is 44.7 Å². The molecule has 7 nitrogen and oxygen atoms in total. The van der Waals surface area contributed by atoms with E-state index >= 15 is 0 Å². The third kappa shape index (κ3) is 3.45. The lowest BCUT2D eigenvalue weighted by atomic mass is 9.97. The molecule has 4 N–H and O–H groups in total. The lowest BCUT2D eigenvalue weighted by Gasteiger charge is -2.30. The Balaban J connectivity index is 2.11. The molecule has 2 aromatic rings. The molecular weight excluding hydrogens is 346 g/mol. The van der Waals surface area contributed by atoms with E-state index < -0.39 is 0 Å². The summed E-state index contributed by atoms with van der Waals surface area (Å²) in [5.74, 6) is 7.49. The number of hydrogen-bond donors (Lipinski definition) is 3. The van der Waals surface area contributed by atoms with Gasteiger partial charge in [-0.3, -0.25) is 0 Å². The van der Waals surface area contributed by atoms with E-state index in [1.165, 1.54) is 6.07 Å². The van der Waals surface area contributed by atoms with E-state index in [0.717, 1.165) is 5.69 Å². The van der Waals surface area contributed by atoms with E-state index in [9.17, 15) is 10.2 Å². The number of rotatable bonds is 4. The fourth-order valence-electron chi connectivity index (χ4n) is 3.20. The van der Waals surface area contributed by atoms with Crippen molar-refractivity contribution in [3.8, 4) is 23.0 Å². The molecule has 0 unspecified atom stereocenters. The van der Waals surface area contributed by atoms with Crippen LogP contribution in [-0.2, 0) is 0 Å². The molecular formula is C20H25N3O4. The van der Waals surface area contributed by atoms with Crippen LogP contribution in [0.3, 0.4) is 0 Å². The van der Waals surface area contributed by atoms with Crippen LogP contribution in [0.15, 0.2) is 35.4 Å². The zero-order valence-electron chi connectivity index (χ0n) is 15.9. The molecule has 144 valence electrons. The van der Waals surface area contributed by atoms with E-state index in [1.54, 1.807) is 6.07 Å². The molecule has 0 bridgehead atoms. The highest BCUT2D eigenvalue weighted by Gasteiger charge is 2.25. The topological polar surface area (TPSA) is 101 Å². The summed E-state index contributed by atoms with van der Waals surface area (Å²) in [5, 5.41) is 24.6. The maximum absolute atomic E-state index is 10.5. The Hall–Kier alpha value is -3.09. The van der Waals surface area contributed by atoms with Gasteiger partial charge in [-0.05, 0) is 43.5 Å². The zero-order valence-corrected chi connectivity index (χ0v) is 15.9. The monoisotopic (exact) mass is 371 g/mol. The number of anilines is 1. The molecule has 1 aliphatic heterocycles. The number of hydrazone groups is 1. The summed E-state index contributed by atoms with van der Waals surface area (Å²) in [6.45, 7) is 8.11. The molecule has 1 aliphatic rings. The van der Waals surface area contributed by atoms with Gasteiger partial charge in [-0.15, -0.1) is 0 Å². The van der Waals surface area contributed by atoms with Crippen LogP contribution in [0.25, 0.3) is 0 Å². The highest BCUT2D eigenvalue weighted by molar-refractivity contribution is 6.12. The van der Waals surface area contributed by atoms with Crippen molar-refractivity contribution in [3.63, 3.8) is 0 Å². The van der Waals surface area contributed by atoms with Gasteiger partial charge < -0.3 is 30.4 Å². The highest BCUT2D eigenvalue weighted by Crippen LogP contribution is 2.38. The maximum atomic E-state index is 10.5. The van der Waals surface area contributed by atoms with E-state index in [0.29, 0.717) is 28.5 Å². The van der Waals surface area contributed by atoms with Gasteiger partial charge >= 0.3 is 0 Å². The summed E-state index contributed by atoms with van der Waals surface area (Å²) >= 11 is 0. The molecule has 0 aromatic heterocycles. The first kappa shape index (κ1) is 18.7. The Morgan fingerprint density at radius 2 is 1.74 bits per heavy atom. The van der Waals surface area contributed by atoms with Crippen molar-refractivity contribution in [1.82, 2.24) is 0 Å². The summed E-state index contributed by atoms with van der Waals surface area (Å²) < 4.78 is 10.9. The second-order valence-corrected chi connectivity index (χ2v) is 7.04. The van der Waals surface area contributed by atoms with Crippen LogP contribution in [0, 0.1) is 0 Å². The minimum Gasteiger partial charge on any atom is -0.508 e. The molecule has 0 saturated heterocycles. The first-order chi connectivity index (χ1) is 12.8. The number of ether oxygens (including phenoxy) is 2. The van der Waals surface area contributed by atoms with Crippen LogP contribution in [0.4, 0.5) is 5.69 Å². The average molecular weight is 371 g/mol. The van der Waals surface area contributed by atoms with Crippen LogP contribution in [0.2, 0.25) is 0 Å². The van der Waals surface area contributed by atoms with Crippen molar-refractivity contribution in [3.05, 3.63) is 41.5 Å². The van der Waals surface area contributed by atoms with Crippen LogP contribution >= 0.6 is 0 Å². The van der Waals surface area contributed by atoms with Gasteiger partial charge in [0, 0.05) is 23.9 Å². The van der Waals surface area contributed by atoms with Crippen LogP contribution in [0.5, 0.6) is 23.0 Å². The molecule has 0 radical (unpaired) electrons. The van der Waals surface area contributed by atoms with Gasteiger partial charge in [0.05, 0.1) is 5.56 Å². The van der Waals surface area contributed by atoms with Crippen molar-refractivity contribution >= 4 is 11.5 Å². The van der Waals surface area contributed by atoms with E-state index in [4.69, 9.17) is 15.3 Å².